The molecule has 2 aromatic heterocycles. The van der Waals surface area contributed by atoms with Crippen molar-refractivity contribution in [3.63, 3.8) is 0 Å². The number of pyridine rings is 1. The van der Waals surface area contributed by atoms with Crippen molar-refractivity contribution in [2.45, 2.75) is 65.7 Å². The van der Waals surface area contributed by atoms with E-state index < -0.39 is 11.2 Å². The SMILES string of the molecule is Cc1cc2nc(-c3ccc(C(C)(C)O)cc3)oc2c(=O)n1N1CCN(C(=O)OC(C)(C)C)[C@H](C)C1. The van der Waals surface area contributed by atoms with E-state index in [0.29, 0.717) is 31.0 Å². The number of rotatable bonds is 3. The van der Waals surface area contributed by atoms with E-state index in [1.165, 1.54) is 0 Å². The molecule has 1 atom stereocenters. The van der Waals surface area contributed by atoms with Gasteiger partial charge in [-0.15, -0.1) is 0 Å². The van der Waals surface area contributed by atoms with Gasteiger partial charge >= 0.3 is 11.7 Å². The summed E-state index contributed by atoms with van der Waals surface area (Å²) in [4.78, 5) is 32.2. The van der Waals surface area contributed by atoms with Crippen LogP contribution in [0.1, 0.15) is 52.8 Å². The Kier molecular flexibility index (Phi) is 6.17. The van der Waals surface area contributed by atoms with E-state index in [1.54, 1.807) is 23.4 Å². The van der Waals surface area contributed by atoms with Crippen molar-refractivity contribution < 1.29 is 19.1 Å². The number of fused-ring (bicyclic) bond motifs is 1. The summed E-state index contributed by atoms with van der Waals surface area (Å²) in [6.07, 6.45) is -0.348. The van der Waals surface area contributed by atoms with Gasteiger partial charge in [-0.2, -0.15) is 0 Å². The minimum absolute atomic E-state index is 0.139. The topological polar surface area (TPSA) is 101 Å². The van der Waals surface area contributed by atoms with Gasteiger partial charge in [-0.1, -0.05) is 12.1 Å². The van der Waals surface area contributed by atoms with Crippen molar-refractivity contribution in [3.05, 3.63) is 51.9 Å². The van der Waals surface area contributed by atoms with Gasteiger partial charge in [-0.25, -0.2) is 14.5 Å². The highest BCUT2D eigenvalue weighted by atomic mass is 16.6. The van der Waals surface area contributed by atoms with Gasteiger partial charge in [-0.05, 0) is 72.2 Å². The summed E-state index contributed by atoms with van der Waals surface area (Å²) in [6, 6.07) is 8.97. The third-order valence-electron chi connectivity index (χ3n) is 6.07. The summed E-state index contributed by atoms with van der Waals surface area (Å²) in [5, 5.41) is 12.1. The van der Waals surface area contributed by atoms with Crippen LogP contribution in [0, 0.1) is 6.92 Å². The minimum atomic E-state index is -0.949. The molecule has 188 valence electrons. The Labute approximate surface area is 204 Å². The van der Waals surface area contributed by atoms with Crippen molar-refractivity contribution >= 4 is 17.2 Å². The van der Waals surface area contributed by atoms with Crippen molar-refractivity contribution in [3.8, 4) is 11.5 Å². The third-order valence-corrected chi connectivity index (χ3v) is 6.07. The van der Waals surface area contributed by atoms with Gasteiger partial charge in [0.05, 0.1) is 24.7 Å². The molecule has 3 aromatic rings. The largest absolute Gasteiger partial charge is 0.444 e. The van der Waals surface area contributed by atoms with Gasteiger partial charge < -0.3 is 24.2 Å². The molecular formula is C26H34N4O5. The number of hydrogen-bond acceptors (Lipinski definition) is 7. The van der Waals surface area contributed by atoms with E-state index in [4.69, 9.17) is 9.15 Å². The second-order valence-corrected chi connectivity index (χ2v) is 10.7. The van der Waals surface area contributed by atoms with Gasteiger partial charge in [0.2, 0.25) is 11.5 Å². The van der Waals surface area contributed by atoms with Crippen LogP contribution < -0.4 is 10.6 Å². The predicted octanol–water partition coefficient (Wildman–Crippen LogP) is 3.77. The van der Waals surface area contributed by atoms with Crippen molar-refractivity contribution in [2.75, 3.05) is 24.6 Å². The summed E-state index contributed by atoms with van der Waals surface area (Å²) >= 11 is 0. The summed E-state index contributed by atoms with van der Waals surface area (Å²) in [5.41, 5.74) is 1.10. The molecule has 9 heteroatoms. The Hall–Kier alpha value is -3.33. The summed E-state index contributed by atoms with van der Waals surface area (Å²) < 4.78 is 13.1. The minimum Gasteiger partial charge on any atom is -0.444 e. The molecule has 1 aliphatic rings. The lowest BCUT2D eigenvalue weighted by Gasteiger charge is -2.41. The van der Waals surface area contributed by atoms with Gasteiger partial charge in [0, 0.05) is 17.8 Å². The molecular weight excluding hydrogens is 448 g/mol. The number of benzene rings is 1. The number of amides is 1. The van der Waals surface area contributed by atoms with Crippen LogP contribution in [0.25, 0.3) is 22.6 Å². The van der Waals surface area contributed by atoms with Gasteiger partial charge in [0.1, 0.15) is 11.1 Å². The number of nitrogens with zero attached hydrogens (tertiary/aromatic N) is 4. The zero-order chi connectivity index (χ0) is 25.7. The maximum absolute atomic E-state index is 13.4. The normalized spacial score (nSPS) is 17.2. The van der Waals surface area contributed by atoms with E-state index in [-0.39, 0.29) is 23.3 Å². The number of carbonyl (C=O) groups excluding carboxylic acids is 1. The fourth-order valence-corrected chi connectivity index (χ4v) is 4.31. The predicted molar refractivity (Wildman–Crippen MR) is 134 cm³/mol. The molecule has 1 fully saturated rings. The molecule has 1 aliphatic heterocycles. The number of aryl methyl sites for hydroxylation is 1. The second-order valence-electron chi connectivity index (χ2n) is 10.7. The lowest BCUT2D eigenvalue weighted by Crippen LogP contribution is -2.60. The third kappa shape index (κ3) is 5.05. The van der Waals surface area contributed by atoms with Crippen LogP contribution in [0.15, 0.2) is 39.5 Å². The maximum Gasteiger partial charge on any atom is 0.410 e. The molecule has 0 saturated carbocycles. The molecule has 0 unspecified atom stereocenters. The van der Waals surface area contributed by atoms with Crippen LogP contribution in [-0.4, -0.2) is 57.0 Å². The fourth-order valence-electron chi connectivity index (χ4n) is 4.31. The van der Waals surface area contributed by atoms with Crippen LogP contribution in [0.2, 0.25) is 0 Å². The van der Waals surface area contributed by atoms with Crippen molar-refractivity contribution in [1.29, 1.82) is 0 Å². The standard InChI is InChI=1S/C26H34N4O5/c1-16-14-20-21(34-22(27-20)18-8-10-19(11-9-18)26(6,7)33)23(31)30(16)28-12-13-29(17(2)15-28)24(32)35-25(3,4)5/h8-11,14,17,33H,12-13,15H2,1-7H3/t17-/m1/s1. The monoisotopic (exact) mass is 482 g/mol. The maximum atomic E-state index is 13.4. The molecule has 1 saturated heterocycles. The Bertz CT molecular complexity index is 1290. The molecule has 0 bridgehead atoms. The molecule has 1 N–H and O–H groups in total. The molecule has 9 nitrogen and oxygen atoms in total. The lowest BCUT2D eigenvalue weighted by atomic mass is 9.97. The quantitative estimate of drug-likeness (QED) is 0.606. The van der Waals surface area contributed by atoms with Crippen LogP contribution in [-0.2, 0) is 10.3 Å². The first-order chi connectivity index (χ1) is 16.2. The molecule has 4 rings (SSSR count). The molecule has 35 heavy (non-hydrogen) atoms. The zero-order valence-electron chi connectivity index (χ0n) is 21.5. The Morgan fingerprint density at radius 2 is 1.80 bits per heavy atom. The molecule has 0 spiro atoms. The number of hydrogen-bond donors (Lipinski definition) is 1. The number of carbonyl (C=O) groups is 1. The molecule has 1 amide bonds. The lowest BCUT2D eigenvalue weighted by molar-refractivity contribution is 0.0145. The van der Waals surface area contributed by atoms with Crippen LogP contribution in [0.5, 0.6) is 0 Å². The average Bonchev–Trinajstić information content (AvgIpc) is 3.16. The van der Waals surface area contributed by atoms with Crippen LogP contribution in [0.4, 0.5) is 4.79 Å². The summed E-state index contributed by atoms with van der Waals surface area (Å²) in [5.74, 6) is 0.347. The van der Waals surface area contributed by atoms with E-state index >= 15 is 0 Å². The Balaban J connectivity index is 1.61. The summed E-state index contributed by atoms with van der Waals surface area (Å²) in [6.45, 7) is 14.2. The fraction of sp³-hybridized carbons (Fsp3) is 0.500. The van der Waals surface area contributed by atoms with Gasteiger partial charge in [0.15, 0.2) is 0 Å². The highest BCUT2D eigenvalue weighted by Crippen LogP contribution is 2.27. The first kappa shape index (κ1) is 24.8. The number of aliphatic hydroxyl groups is 1. The van der Waals surface area contributed by atoms with Crippen LogP contribution >= 0.6 is 0 Å². The van der Waals surface area contributed by atoms with E-state index in [9.17, 15) is 14.7 Å². The summed E-state index contributed by atoms with van der Waals surface area (Å²) in [7, 11) is 0. The van der Waals surface area contributed by atoms with Gasteiger partial charge in [-0.3, -0.25) is 4.79 Å². The zero-order valence-corrected chi connectivity index (χ0v) is 21.5. The van der Waals surface area contributed by atoms with E-state index in [2.05, 4.69) is 4.98 Å². The Morgan fingerprint density at radius 3 is 2.37 bits per heavy atom. The molecule has 0 radical (unpaired) electrons. The van der Waals surface area contributed by atoms with Crippen molar-refractivity contribution in [1.82, 2.24) is 14.6 Å². The van der Waals surface area contributed by atoms with Crippen molar-refractivity contribution in [2.24, 2.45) is 0 Å². The number of piperazine rings is 1. The molecule has 3 heterocycles. The van der Waals surface area contributed by atoms with E-state index in [0.717, 1.165) is 16.8 Å². The number of aromatic nitrogens is 2. The highest BCUT2D eigenvalue weighted by Gasteiger charge is 2.32. The average molecular weight is 483 g/mol. The van der Waals surface area contributed by atoms with Gasteiger partial charge in [0.25, 0.3) is 0 Å². The first-order valence-corrected chi connectivity index (χ1v) is 11.9. The number of oxazole rings is 1. The Morgan fingerprint density at radius 1 is 1.14 bits per heavy atom. The smallest absolute Gasteiger partial charge is 0.410 e. The molecule has 1 aromatic carbocycles. The van der Waals surface area contributed by atoms with E-state index in [1.807, 2.05) is 70.0 Å². The molecule has 0 aliphatic carbocycles. The highest BCUT2D eigenvalue weighted by molar-refractivity contribution is 5.76. The number of ether oxygens (including phenoxy) is 1. The van der Waals surface area contributed by atoms with Crippen LogP contribution in [0.3, 0.4) is 0 Å². The first-order valence-electron chi connectivity index (χ1n) is 11.9. The second kappa shape index (κ2) is 8.71.